The fraction of sp³-hybridized carbons (Fsp3) is 0.333. The Bertz CT molecular complexity index is 1600. The average molecular weight is 574 g/mol. The molecular formula is C33H36FN3O3S. The van der Waals surface area contributed by atoms with Gasteiger partial charge in [-0.3, -0.25) is 9.67 Å². The van der Waals surface area contributed by atoms with E-state index in [1.54, 1.807) is 35.6 Å². The van der Waals surface area contributed by atoms with E-state index in [-0.39, 0.29) is 18.3 Å². The molecule has 1 aliphatic rings. The number of nitrogens with zero attached hydrogens (tertiary/aromatic N) is 3. The van der Waals surface area contributed by atoms with Crippen LogP contribution in [0.3, 0.4) is 0 Å². The summed E-state index contributed by atoms with van der Waals surface area (Å²) >= 11 is 1.63. The number of thiophene rings is 1. The van der Waals surface area contributed by atoms with Crippen LogP contribution in [-0.2, 0) is 11.3 Å². The molecule has 1 atom stereocenters. The third-order valence-electron chi connectivity index (χ3n) is 7.18. The van der Waals surface area contributed by atoms with Crippen molar-refractivity contribution >= 4 is 27.5 Å². The van der Waals surface area contributed by atoms with Crippen LogP contribution in [0.15, 0.2) is 66.3 Å². The number of pyridine rings is 1. The van der Waals surface area contributed by atoms with Crippen molar-refractivity contribution in [2.45, 2.75) is 52.0 Å². The van der Waals surface area contributed by atoms with Crippen LogP contribution in [0.4, 0.5) is 4.39 Å². The first kappa shape index (κ1) is 28.8. The van der Waals surface area contributed by atoms with Crippen LogP contribution in [0.1, 0.15) is 68.2 Å². The summed E-state index contributed by atoms with van der Waals surface area (Å²) in [6.07, 6.45) is 8.60. The second-order valence-corrected chi connectivity index (χ2v) is 11.3. The molecule has 1 N–H and O–H groups in total. The Morgan fingerprint density at radius 3 is 2.90 bits per heavy atom. The molecule has 8 heteroatoms. The molecule has 3 aromatic heterocycles. The summed E-state index contributed by atoms with van der Waals surface area (Å²) < 4.78 is 29.6. The van der Waals surface area contributed by atoms with Gasteiger partial charge >= 0.3 is 0 Å². The van der Waals surface area contributed by atoms with Crippen molar-refractivity contribution in [3.63, 3.8) is 0 Å². The second-order valence-electron chi connectivity index (χ2n) is 10.3. The van der Waals surface area contributed by atoms with Gasteiger partial charge in [0.25, 0.3) is 0 Å². The summed E-state index contributed by atoms with van der Waals surface area (Å²) in [5, 5.41) is 17.2. The normalized spacial score (nSPS) is 15.5. The Hall–Kier alpha value is -3.75. The van der Waals surface area contributed by atoms with Gasteiger partial charge in [0.15, 0.2) is 0 Å². The van der Waals surface area contributed by atoms with Gasteiger partial charge in [0.2, 0.25) is 0 Å². The van der Waals surface area contributed by atoms with Crippen molar-refractivity contribution in [3.05, 3.63) is 94.9 Å². The van der Waals surface area contributed by atoms with Gasteiger partial charge in [0.05, 0.1) is 30.3 Å². The van der Waals surface area contributed by atoms with Crippen LogP contribution < -0.4 is 4.74 Å². The quantitative estimate of drug-likeness (QED) is 0.119. The fourth-order valence-electron chi connectivity index (χ4n) is 5.28. The van der Waals surface area contributed by atoms with Gasteiger partial charge in [-0.2, -0.15) is 5.10 Å². The highest BCUT2D eigenvalue weighted by Gasteiger charge is 2.30. The van der Waals surface area contributed by atoms with E-state index in [1.165, 1.54) is 17.8 Å². The van der Waals surface area contributed by atoms with Crippen molar-refractivity contribution < 1.29 is 19.0 Å². The van der Waals surface area contributed by atoms with E-state index in [4.69, 9.17) is 24.7 Å². The summed E-state index contributed by atoms with van der Waals surface area (Å²) in [7, 11) is 0. The molecule has 6 nitrogen and oxygen atoms in total. The summed E-state index contributed by atoms with van der Waals surface area (Å²) in [5.41, 5.74) is 5.60. The number of hydrogen-bond donors (Lipinski definition) is 1. The summed E-state index contributed by atoms with van der Waals surface area (Å²) in [6, 6.07) is 9.00. The molecule has 4 aromatic rings. The molecule has 0 bridgehead atoms. The number of fused-ring (bicyclic) bond motifs is 5. The number of aryl methyl sites for hydroxylation is 1. The van der Waals surface area contributed by atoms with Crippen LogP contribution in [0.25, 0.3) is 27.3 Å². The highest BCUT2D eigenvalue weighted by Crippen LogP contribution is 2.46. The molecule has 0 saturated carbocycles. The molecule has 1 aliphatic heterocycles. The molecule has 0 spiro atoms. The minimum atomic E-state index is -0.333. The van der Waals surface area contributed by atoms with Crippen molar-refractivity contribution in [1.82, 2.24) is 14.8 Å². The highest BCUT2D eigenvalue weighted by atomic mass is 32.1. The van der Waals surface area contributed by atoms with Crippen LogP contribution in [0.5, 0.6) is 5.75 Å². The van der Waals surface area contributed by atoms with Crippen LogP contribution in [0, 0.1) is 5.82 Å². The number of rotatable bonds is 10. The standard InChI is InChI=1S/C33H36FN3O3S/c1-5-13-37-29(21(3)4)20-28(36-37)24-11-16-40-30-18-22(34)9-10-26(30)31-32(24)35-27(25-12-17-41-33(25)31)19-23(6-2)39-15-8-7-14-38/h6-10,12,17-21,24,38H,2,5,11,13-16H2,1,3-4H3/b8-7+,23-19-. The maximum Gasteiger partial charge on any atom is 0.130 e. The van der Waals surface area contributed by atoms with Gasteiger partial charge in [-0.1, -0.05) is 33.4 Å². The highest BCUT2D eigenvalue weighted by molar-refractivity contribution is 7.17. The lowest BCUT2D eigenvalue weighted by atomic mass is 9.88. The number of aliphatic hydroxyl groups is 1. The van der Waals surface area contributed by atoms with Gasteiger partial charge in [0.1, 0.15) is 23.9 Å². The van der Waals surface area contributed by atoms with Crippen LogP contribution in [-0.4, -0.2) is 39.7 Å². The third kappa shape index (κ3) is 5.99. The van der Waals surface area contributed by atoms with Gasteiger partial charge in [0, 0.05) is 51.5 Å². The summed E-state index contributed by atoms with van der Waals surface area (Å²) in [4.78, 5) is 5.30. The van der Waals surface area contributed by atoms with Gasteiger partial charge in [-0.15, -0.1) is 11.3 Å². The average Bonchev–Trinajstić information content (AvgIpc) is 3.60. The van der Waals surface area contributed by atoms with Crippen molar-refractivity contribution in [3.8, 4) is 16.9 Å². The molecule has 0 saturated heterocycles. The zero-order valence-electron chi connectivity index (χ0n) is 23.8. The fourth-order valence-corrected chi connectivity index (χ4v) is 6.25. The minimum absolute atomic E-state index is 0.0403. The number of hydrogen-bond acceptors (Lipinski definition) is 6. The molecule has 0 radical (unpaired) electrons. The first-order valence-corrected chi connectivity index (χ1v) is 15.0. The molecule has 4 heterocycles. The van der Waals surface area contributed by atoms with Gasteiger partial charge < -0.3 is 14.6 Å². The van der Waals surface area contributed by atoms with E-state index < -0.39 is 0 Å². The maximum atomic E-state index is 14.3. The summed E-state index contributed by atoms with van der Waals surface area (Å²) in [6.45, 7) is 12.0. The molecule has 1 aromatic carbocycles. The lowest BCUT2D eigenvalue weighted by Crippen LogP contribution is -2.15. The molecule has 214 valence electrons. The zero-order valence-corrected chi connectivity index (χ0v) is 24.6. The number of allylic oxidation sites excluding steroid dienone is 1. The Morgan fingerprint density at radius 2 is 2.15 bits per heavy atom. The molecule has 0 fully saturated rings. The maximum absolute atomic E-state index is 14.3. The lowest BCUT2D eigenvalue weighted by Gasteiger charge is -2.25. The molecule has 0 aliphatic carbocycles. The molecule has 41 heavy (non-hydrogen) atoms. The van der Waals surface area contributed by atoms with E-state index in [0.29, 0.717) is 37.1 Å². The van der Waals surface area contributed by atoms with Crippen molar-refractivity contribution in [1.29, 1.82) is 0 Å². The first-order valence-electron chi connectivity index (χ1n) is 14.1. The lowest BCUT2D eigenvalue weighted by molar-refractivity contribution is 0.263. The number of aliphatic hydroxyl groups excluding tert-OH is 1. The Balaban J connectivity index is 1.74. The SMILES string of the molecule is C=C/C(=C/c1nc2c(c3sccc13)-c1ccc(F)cc1OCCC2c1cc(C(C)C)n(CCC)n1)OC/C=C/CO. The number of benzene rings is 1. The Morgan fingerprint density at radius 1 is 1.29 bits per heavy atom. The van der Waals surface area contributed by atoms with E-state index in [1.807, 2.05) is 11.5 Å². The van der Waals surface area contributed by atoms with Crippen molar-refractivity contribution in [2.75, 3.05) is 19.8 Å². The number of ether oxygens (including phenoxy) is 2. The van der Waals surface area contributed by atoms with Crippen LogP contribution in [0.2, 0.25) is 0 Å². The predicted molar refractivity (Wildman–Crippen MR) is 164 cm³/mol. The Kier molecular flexibility index (Phi) is 9.00. The topological polar surface area (TPSA) is 69.4 Å². The van der Waals surface area contributed by atoms with E-state index in [2.05, 4.69) is 44.2 Å². The van der Waals surface area contributed by atoms with E-state index >= 15 is 0 Å². The van der Waals surface area contributed by atoms with Crippen molar-refractivity contribution in [2.24, 2.45) is 0 Å². The predicted octanol–water partition coefficient (Wildman–Crippen LogP) is 7.84. The van der Waals surface area contributed by atoms with E-state index in [9.17, 15) is 4.39 Å². The minimum Gasteiger partial charge on any atom is -0.493 e. The largest absolute Gasteiger partial charge is 0.493 e. The monoisotopic (exact) mass is 573 g/mol. The number of aromatic nitrogens is 3. The Labute approximate surface area is 244 Å². The molecule has 1 unspecified atom stereocenters. The third-order valence-corrected chi connectivity index (χ3v) is 8.12. The van der Waals surface area contributed by atoms with Gasteiger partial charge in [-0.25, -0.2) is 4.39 Å². The number of halogens is 1. The first-order chi connectivity index (χ1) is 19.9. The molecule has 5 rings (SSSR count). The van der Waals surface area contributed by atoms with Crippen LogP contribution >= 0.6 is 11.3 Å². The zero-order chi connectivity index (χ0) is 28.9. The summed E-state index contributed by atoms with van der Waals surface area (Å²) in [5.74, 6) is 0.970. The molecule has 0 amide bonds. The van der Waals surface area contributed by atoms with Gasteiger partial charge in [-0.05, 0) is 60.6 Å². The smallest absolute Gasteiger partial charge is 0.130 e. The second kappa shape index (κ2) is 12.8. The molecular weight excluding hydrogens is 537 g/mol. The van der Waals surface area contributed by atoms with E-state index in [0.717, 1.165) is 51.3 Å².